The second-order valence-corrected chi connectivity index (χ2v) is 5.40. The summed E-state index contributed by atoms with van der Waals surface area (Å²) in [7, 11) is 0. The van der Waals surface area contributed by atoms with E-state index in [1.807, 2.05) is 19.1 Å². The Kier molecular flexibility index (Phi) is 5.13. The first kappa shape index (κ1) is 15.0. The van der Waals surface area contributed by atoms with E-state index < -0.39 is 0 Å². The maximum atomic E-state index is 5.93. The number of aryl methyl sites for hydroxylation is 1. The first-order chi connectivity index (χ1) is 9.65. The standard InChI is InChI=1S/C17H21ClO2/c1-4-10-19-14-7-8-16-13(11-14)6-9-17(15(16)5-2)20-12(3)18/h6-9,11-12H,4-5,10H2,1-3H3. The zero-order valence-electron chi connectivity index (χ0n) is 12.3. The number of rotatable bonds is 6. The van der Waals surface area contributed by atoms with Crippen molar-refractivity contribution in [2.24, 2.45) is 0 Å². The van der Waals surface area contributed by atoms with Crippen LogP contribution in [0.2, 0.25) is 0 Å². The molecular weight excluding hydrogens is 272 g/mol. The Morgan fingerprint density at radius 2 is 1.95 bits per heavy atom. The molecule has 1 atom stereocenters. The van der Waals surface area contributed by atoms with Crippen LogP contribution in [0.4, 0.5) is 0 Å². The number of halogens is 1. The first-order valence-corrected chi connectivity index (χ1v) is 7.58. The Morgan fingerprint density at radius 3 is 2.60 bits per heavy atom. The minimum absolute atomic E-state index is 0.329. The second kappa shape index (κ2) is 6.85. The van der Waals surface area contributed by atoms with Gasteiger partial charge in [-0.1, -0.05) is 37.6 Å². The van der Waals surface area contributed by atoms with E-state index in [4.69, 9.17) is 21.1 Å². The van der Waals surface area contributed by atoms with Gasteiger partial charge in [0.15, 0.2) is 5.56 Å². The Morgan fingerprint density at radius 1 is 1.15 bits per heavy atom. The van der Waals surface area contributed by atoms with Crippen molar-refractivity contribution in [2.75, 3.05) is 6.61 Å². The maximum Gasteiger partial charge on any atom is 0.169 e. The minimum Gasteiger partial charge on any atom is -0.494 e. The molecule has 0 aliphatic heterocycles. The molecule has 0 amide bonds. The smallest absolute Gasteiger partial charge is 0.169 e. The number of ether oxygens (including phenoxy) is 2. The van der Waals surface area contributed by atoms with Crippen LogP contribution in [0.1, 0.15) is 32.8 Å². The molecule has 0 aromatic heterocycles. The van der Waals surface area contributed by atoms with Crippen molar-refractivity contribution in [3.05, 3.63) is 35.9 Å². The number of alkyl halides is 1. The molecule has 2 rings (SSSR count). The van der Waals surface area contributed by atoms with Crippen LogP contribution in [-0.4, -0.2) is 12.2 Å². The van der Waals surface area contributed by atoms with Crippen LogP contribution < -0.4 is 9.47 Å². The zero-order chi connectivity index (χ0) is 14.5. The van der Waals surface area contributed by atoms with Crippen molar-refractivity contribution >= 4 is 22.4 Å². The maximum absolute atomic E-state index is 5.93. The molecule has 0 fully saturated rings. The van der Waals surface area contributed by atoms with Gasteiger partial charge in [-0.3, -0.25) is 0 Å². The van der Waals surface area contributed by atoms with Crippen LogP contribution in [0.5, 0.6) is 11.5 Å². The largest absolute Gasteiger partial charge is 0.494 e. The minimum atomic E-state index is -0.329. The van der Waals surface area contributed by atoms with E-state index in [0.29, 0.717) is 0 Å². The number of fused-ring (bicyclic) bond motifs is 1. The molecule has 2 nitrogen and oxygen atoms in total. The average molecular weight is 293 g/mol. The summed E-state index contributed by atoms with van der Waals surface area (Å²) in [4.78, 5) is 0. The fourth-order valence-electron chi connectivity index (χ4n) is 2.31. The lowest BCUT2D eigenvalue weighted by Gasteiger charge is -2.15. The molecule has 0 saturated heterocycles. The van der Waals surface area contributed by atoms with Gasteiger partial charge in [0.2, 0.25) is 0 Å². The average Bonchev–Trinajstić information content (AvgIpc) is 2.44. The van der Waals surface area contributed by atoms with Crippen molar-refractivity contribution in [3.8, 4) is 11.5 Å². The topological polar surface area (TPSA) is 18.5 Å². The van der Waals surface area contributed by atoms with Crippen molar-refractivity contribution in [3.63, 3.8) is 0 Å². The molecular formula is C17H21ClO2. The predicted molar refractivity (Wildman–Crippen MR) is 85.1 cm³/mol. The van der Waals surface area contributed by atoms with Crippen molar-refractivity contribution < 1.29 is 9.47 Å². The van der Waals surface area contributed by atoms with Crippen LogP contribution in [0.15, 0.2) is 30.3 Å². The van der Waals surface area contributed by atoms with Gasteiger partial charge in [-0.15, -0.1) is 0 Å². The van der Waals surface area contributed by atoms with Gasteiger partial charge in [0.1, 0.15) is 11.5 Å². The summed E-state index contributed by atoms with van der Waals surface area (Å²) < 4.78 is 11.4. The molecule has 108 valence electrons. The van der Waals surface area contributed by atoms with Gasteiger partial charge in [-0.05, 0) is 48.7 Å². The van der Waals surface area contributed by atoms with Gasteiger partial charge < -0.3 is 9.47 Å². The summed E-state index contributed by atoms with van der Waals surface area (Å²) in [6.45, 7) is 6.80. The van der Waals surface area contributed by atoms with Gasteiger partial charge in [0, 0.05) is 5.56 Å². The lowest BCUT2D eigenvalue weighted by molar-refractivity contribution is 0.299. The monoisotopic (exact) mass is 292 g/mol. The van der Waals surface area contributed by atoms with E-state index in [-0.39, 0.29) is 5.56 Å². The number of hydrogen-bond donors (Lipinski definition) is 0. The zero-order valence-corrected chi connectivity index (χ0v) is 13.0. The van der Waals surface area contributed by atoms with E-state index in [2.05, 4.69) is 32.0 Å². The molecule has 3 heteroatoms. The van der Waals surface area contributed by atoms with Gasteiger partial charge in [-0.2, -0.15) is 0 Å². The fraction of sp³-hybridized carbons (Fsp3) is 0.412. The molecule has 20 heavy (non-hydrogen) atoms. The highest BCUT2D eigenvalue weighted by molar-refractivity contribution is 6.19. The SMILES string of the molecule is CCCOc1ccc2c(CC)c(OC(C)Cl)ccc2c1. The quantitative estimate of drug-likeness (QED) is 0.685. The molecule has 0 radical (unpaired) electrons. The molecule has 0 bridgehead atoms. The Labute approximate surface area is 125 Å². The third kappa shape index (κ3) is 3.37. The van der Waals surface area contributed by atoms with E-state index in [1.54, 1.807) is 0 Å². The molecule has 0 N–H and O–H groups in total. The first-order valence-electron chi connectivity index (χ1n) is 7.14. The molecule has 0 saturated carbocycles. The van der Waals surface area contributed by atoms with E-state index >= 15 is 0 Å². The fourth-order valence-corrected chi connectivity index (χ4v) is 2.41. The summed E-state index contributed by atoms with van der Waals surface area (Å²) in [5, 5.41) is 2.37. The summed E-state index contributed by atoms with van der Waals surface area (Å²) in [6.07, 6.45) is 1.92. The van der Waals surface area contributed by atoms with Crippen LogP contribution in [0.25, 0.3) is 10.8 Å². The van der Waals surface area contributed by atoms with Gasteiger partial charge in [-0.25, -0.2) is 0 Å². The highest BCUT2D eigenvalue weighted by Crippen LogP contribution is 2.31. The Bertz CT molecular complexity index is 578. The van der Waals surface area contributed by atoms with Crippen molar-refractivity contribution in [1.82, 2.24) is 0 Å². The molecule has 0 spiro atoms. The number of benzene rings is 2. The molecule has 0 aliphatic rings. The molecule has 1 unspecified atom stereocenters. The summed E-state index contributed by atoms with van der Waals surface area (Å²) in [5.74, 6) is 1.78. The molecule has 2 aromatic rings. The lowest BCUT2D eigenvalue weighted by Crippen LogP contribution is -2.05. The van der Waals surface area contributed by atoms with Gasteiger partial charge in [0.25, 0.3) is 0 Å². The van der Waals surface area contributed by atoms with Crippen LogP contribution in [0, 0.1) is 0 Å². The van der Waals surface area contributed by atoms with Crippen LogP contribution >= 0.6 is 11.6 Å². The lowest BCUT2D eigenvalue weighted by atomic mass is 10.0. The summed E-state index contributed by atoms with van der Waals surface area (Å²) in [5.41, 5.74) is 0.863. The van der Waals surface area contributed by atoms with Gasteiger partial charge >= 0.3 is 0 Å². The molecule has 0 heterocycles. The predicted octanol–water partition coefficient (Wildman–Crippen LogP) is 5.15. The van der Waals surface area contributed by atoms with E-state index in [9.17, 15) is 0 Å². The Balaban J connectivity index is 2.41. The van der Waals surface area contributed by atoms with E-state index in [1.165, 1.54) is 16.3 Å². The third-order valence-corrected chi connectivity index (χ3v) is 3.26. The van der Waals surface area contributed by atoms with Crippen LogP contribution in [0.3, 0.4) is 0 Å². The van der Waals surface area contributed by atoms with Gasteiger partial charge in [0.05, 0.1) is 6.61 Å². The summed E-state index contributed by atoms with van der Waals surface area (Å²) in [6, 6.07) is 10.2. The summed E-state index contributed by atoms with van der Waals surface area (Å²) >= 11 is 5.93. The number of hydrogen-bond acceptors (Lipinski definition) is 2. The third-order valence-electron chi connectivity index (χ3n) is 3.18. The van der Waals surface area contributed by atoms with Crippen molar-refractivity contribution in [2.45, 2.75) is 39.2 Å². The van der Waals surface area contributed by atoms with E-state index in [0.717, 1.165) is 30.9 Å². The van der Waals surface area contributed by atoms with Crippen molar-refractivity contribution in [1.29, 1.82) is 0 Å². The second-order valence-electron chi connectivity index (χ2n) is 4.79. The highest BCUT2D eigenvalue weighted by atomic mass is 35.5. The van der Waals surface area contributed by atoms with Crippen LogP contribution in [-0.2, 0) is 6.42 Å². The normalized spacial score (nSPS) is 12.4. The Hall–Kier alpha value is -1.41. The molecule has 2 aromatic carbocycles. The molecule has 0 aliphatic carbocycles. The highest BCUT2D eigenvalue weighted by Gasteiger charge is 2.10.